The Morgan fingerprint density at radius 3 is 1.77 bits per heavy atom. The summed E-state index contributed by atoms with van der Waals surface area (Å²) in [6.07, 6.45) is 1.60. The van der Waals surface area contributed by atoms with Crippen molar-refractivity contribution in [3.63, 3.8) is 0 Å². The Balaban J connectivity index is -0.00000104. The molecule has 2 aromatic rings. The van der Waals surface area contributed by atoms with E-state index in [4.69, 9.17) is 30.3 Å². The molecule has 0 aliphatic heterocycles. The quantitative estimate of drug-likeness (QED) is 0.0609. The highest BCUT2D eigenvalue weighted by Crippen LogP contribution is 2.50. The summed E-state index contributed by atoms with van der Waals surface area (Å²) in [4.78, 5) is 36.3. The fourth-order valence-electron chi connectivity index (χ4n) is 2.98. The largest absolute Gasteiger partial charge is 0.465 e. The highest BCUT2D eigenvalue weighted by atomic mass is 35.5. The van der Waals surface area contributed by atoms with Gasteiger partial charge in [0.15, 0.2) is 0 Å². The Hall–Kier alpha value is -3.14. The molecule has 0 radical (unpaired) electrons. The lowest BCUT2D eigenvalue weighted by Crippen LogP contribution is -2.32. The van der Waals surface area contributed by atoms with Gasteiger partial charge >= 0.3 is 19.5 Å². The fourth-order valence-corrected chi connectivity index (χ4v) is 4.96. The minimum absolute atomic E-state index is 0. The van der Waals surface area contributed by atoms with Crippen LogP contribution in [-0.2, 0) is 23.6 Å². The molecule has 44 heavy (non-hydrogen) atoms. The first-order valence-electron chi connectivity index (χ1n) is 14.4. The van der Waals surface area contributed by atoms with Gasteiger partial charge in [0.25, 0.3) is 5.69 Å². The maximum atomic E-state index is 13.6. The second-order valence-electron chi connectivity index (χ2n) is 12.0. The Morgan fingerprint density at radius 2 is 1.34 bits per heavy atom. The lowest BCUT2D eigenvalue weighted by molar-refractivity contribution is -0.384. The van der Waals surface area contributed by atoms with Crippen molar-refractivity contribution >= 4 is 37.0 Å². The normalized spacial score (nSPS) is 14.1. The molecular weight excluding hydrogens is 611 g/mol. The van der Waals surface area contributed by atoms with Crippen molar-refractivity contribution in [1.29, 1.82) is 0 Å². The van der Waals surface area contributed by atoms with Crippen LogP contribution in [0.5, 0.6) is 11.5 Å². The third kappa shape index (κ3) is 14.6. The molecule has 0 heterocycles. The maximum absolute atomic E-state index is 13.6. The first-order chi connectivity index (χ1) is 20.5. The van der Waals surface area contributed by atoms with E-state index >= 15 is 0 Å². The van der Waals surface area contributed by atoms with Crippen LogP contribution in [0.25, 0.3) is 0 Å². The molecule has 0 saturated heterocycles. The molecule has 2 rings (SSSR count). The number of hydrogen-bond acceptors (Lipinski definition) is 10. The van der Waals surface area contributed by atoms with Crippen LogP contribution in [-0.4, -0.2) is 42.3 Å². The summed E-state index contributed by atoms with van der Waals surface area (Å²) in [6, 6.07) is 13.2. The average Bonchev–Trinajstić information content (AvgIpc) is 2.99. The number of esters is 2. The van der Waals surface area contributed by atoms with Crippen LogP contribution < -0.4 is 13.9 Å². The smallest absolute Gasteiger partial charge is 0.431 e. The molecule has 0 saturated carbocycles. The summed E-state index contributed by atoms with van der Waals surface area (Å²) in [5.41, 5.74) is -0.238. The van der Waals surface area contributed by atoms with E-state index in [1.165, 1.54) is 24.3 Å². The summed E-state index contributed by atoms with van der Waals surface area (Å²) in [7, 11) is -3.85. The summed E-state index contributed by atoms with van der Waals surface area (Å²) >= 11 is 5.28. The van der Waals surface area contributed by atoms with Gasteiger partial charge in [-0.05, 0) is 66.6 Å². The van der Waals surface area contributed by atoms with Crippen LogP contribution in [0.3, 0.4) is 0 Å². The molecule has 0 aromatic heterocycles. The molecule has 0 fully saturated rings. The molecule has 0 aliphatic rings. The van der Waals surface area contributed by atoms with Crippen molar-refractivity contribution < 1.29 is 41.9 Å². The van der Waals surface area contributed by atoms with Gasteiger partial charge in [-0.2, -0.15) is 0 Å². The van der Waals surface area contributed by atoms with Crippen LogP contribution in [0, 0.1) is 26.9 Å². The molecule has 0 spiro atoms. The number of nitrogens with zero attached hydrogens (tertiary/aromatic N) is 1. The lowest BCUT2D eigenvalue weighted by Gasteiger charge is -2.25. The van der Waals surface area contributed by atoms with Crippen molar-refractivity contribution in [3.8, 4) is 11.5 Å². The molecular formula is C31H52ClN2O9P. The van der Waals surface area contributed by atoms with E-state index in [2.05, 4.69) is 25.6 Å². The number of benzene rings is 2. The Bertz CT molecular complexity index is 1260. The third-order valence-corrected chi connectivity index (χ3v) is 9.12. The SMILES string of the molecule is CCC(C)(C)COC(=O)[C@H](C)CP(=O)(Oc1ccccc1)Oc1ccc([N+](=O)[O-])cc1.CCC(C)(C)COC(=O)[C@H](C)NCl.[HH].[HH].[HH]. The predicted molar refractivity (Wildman–Crippen MR) is 177 cm³/mol. The standard InChI is InChI=1S/C22H28NO7P.C9H18ClNO2.3H2/c1-5-22(3,4)16-28-21(24)17(2)15-31(27,29-19-9-7-6-8-10-19)30-20-13-11-18(12-14-20)23(25)26;1-5-9(3,4)6-13-8(12)7(2)11-10;;;/h6-14,17H,5,15-16H2,1-4H3;7,11H,5-6H2,1-4H3;3*1H/t17-,31?;7-;;;/m10.../s1. The number of para-hydroxylation sites is 1. The second-order valence-corrected chi connectivity index (χ2v) is 14.2. The Labute approximate surface area is 270 Å². The lowest BCUT2D eigenvalue weighted by atomic mass is 9.92. The van der Waals surface area contributed by atoms with Crippen molar-refractivity contribution in [1.82, 2.24) is 4.84 Å². The number of carbonyl (C=O) groups is 2. The Morgan fingerprint density at radius 1 is 0.886 bits per heavy atom. The van der Waals surface area contributed by atoms with Gasteiger partial charge in [-0.15, -0.1) is 0 Å². The maximum Gasteiger partial charge on any atom is 0.431 e. The molecule has 3 atom stereocenters. The summed E-state index contributed by atoms with van der Waals surface area (Å²) in [5.74, 6) is -1.10. The second kappa shape index (κ2) is 18.0. The van der Waals surface area contributed by atoms with Crippen LogP contribution >= 0.6 is 19.4 Å². The third-order valence-electron chi connectivity index (χ3n) is 6.82. The molecule has 252 valence electrons. The van der Waals surface area contributed by atoms with Crippen LogP contribution in [0.15, 0.2) is 54.6 Å². The van der Waals surface area contributed by atoms with Gasteiger partial charge in [0.1, 0.15) is 17.5 Å². The van der Waals surface area contributed by atoms with Crippen molar-refractivity contribution in [3.05, 3.63) is 64.7 Å². The van der Waals surface area contributed by atoms with E-state index < -0.39 is 30.4 Å². The van der Waals surface area contributed by atoms with Crippen molar-refractivity contribution in [2.24, 2.45) is 16.7 Å². The average molecular weight is 663 g/mol. The van der Waals surface area contributed by atoms with Gasteiger partial charge in [-0.25, -0.2) is 9.40 Å². The number of nitrogens with one attached hydrogen (secondary N) is 1. The van der Waals surface area contributed by atoms with E-state index in [0.29, 0.717) is 12.4 Å². The van der Waals surface area contributed by atoms with Gasteiger partial charge < -0.3 is 18.5 Å². The number of nitro benzene ring substituents is 1. The highest BCUT2D eigenvalue weighted by Gasteiger charge is 2.35. The zero-order valence-corrected chi connectivity index (χ0v) is 28.5. The zero-order chi connectivity index (χ0) is 33.6. The zero-order valence-electron chi connectivity index (χ0n) is 26.8. The molecule has 1 unspecified atom stereocenters. The molecule has 11 nitrogen and oxygen atoms in total. The Kier molecular flexibility index (Phi) is 15.9. The van der Waals surface area contributed by atoms with E-state index in [0.717, 1.165) is 12.8 Å². The number of nitro groups is 1. The minimum Gasteiger partial charge on any atom is -0.465 e. The van der Waals surface area contributed by atoms with E-state index in [1.807, 2.05) is 20.8 Å². The molecule has 0 aliphatic carbocycles. The van der Waals surface area contributed by atoms with Gasteiger partial charge in [-0.3, -0.25) is 19.7 Å². The molecule has 13 heteroatoms. The summed E-state index contributed by atoms with van der Waals surface area (Å²) < 4.78 is 35.3. The predicted octanol–water partition coefficient (Wildman–Crippen LogP) is 8.70. The molecule has 2 aromatic carbocycles. The number of halogens is 1. The fraction of sp³-hybridized carbons (Fsp3) is 0.548. The number of rotatable bonds is 16. The minimum atomic E-state index is -3.85. The molecule has 0 amide bonds. The summed E-state index contributed by atoms with van der Waals surface area (Å²) in [6.45, 7) is 16.1. The van der Waals surface area contributed by atoms with Crippen LogP contribution in [0.1, 0.15) is 72.5 Å². The first-order valence-corrected chi connectivity index (χ1v) is 16.5. The van der Waals surface area contributed by atoms with Gasteiger partial charge in [0.05, 0.1) is 30.2 Å². The molecule has 1 N–H and O–H groups in total. The van der Waals surface area contributed by atoms with E-state index in [9.17, 15) is 24.3 Å². The van der Waals surface area contributed by atoms with E-state index in [1.54, 1.807) is 44.2 Å². The van der Waals surface area contributed by atoms with Gasteiger partial charge in [0.2, 0.25) is 0 Å². The number of ether oxygens (including phenoxy) is 2. The summed E-state index contributed by atoms with van der Waals surface area (Å²) in [5, 5.41) is 10.8. The van der Waals surface area contributed by atoms with E-state index in [-0.39, 0.29) is 45.3 Å². The van der Waals surface area contributed by atoms with Gasteiger partial charge in [0, 0.05) is 16.4 Å². The monoisotopic (exact) mass is 662 g/mol. The van der Waals surface area contributed by atoms with Crippen LogP contribution in [0.4, 0.5) is 5.69 Å². The number of hydrogen-bond donors (Lipinski definition) is 1. The van der Waals surface area contributed by atoms with Crippen molar-refractivity contribution in [2.45, 2.75) is 74.3 Å². The van der Waals surface area contributed by atoms with Gasteiger partial charge in [-0.1, -0.05) is 66.7 Å². The molecule has 0 bridgehead atoms. The topological polar surface area (TPSA) is 143 Å². The number of carbonyl (C=O) groups excluding carboxylic acids is 2. The van der Waals surface area contributed by atoms with Crippen molar-refractivity contribution in [2.75, 3.05) is 19.4 Å². The van der Waals surface area contributed by atoms with Crippen LogP contribution in [0.2, 0.25) is 0 Å². The highest BCUT2D eigenvalue weighted by molar-refractivity contribution is 7.54. The first kappa shape index (κ1) is 38.9. The number of non-ortho nitro benzene ring substituents is 1.